The van der Waals surface area contributed by atoms with E-state index >= 15 is 0 Å². The fraction of sp³-hybridized carbons (Fsp3) is 0.111. The zero-order valence-corrected chi connectivity index (χ0v) is 6.78. The Labute approximate surface area is 70.5 Å². The van der Waals surface area contributed by atoms with Crippen LogP contribution < -0.4 is 5.32 Å². The summed E-state index contributed by atoms with van der Waals surface area (Å²) in [6, 6.07) is 5.98. The van der Waals surface area contributed by atoms with Gasteiger partial charge in [0.05, 0.1) is 11.2 Å². The molecule has 0 saturated heterocycles. The minimum Gasteiger partial charge on any atom is -0.386 e. The number of rotatable bonds is 1. The van der Waals surface area contributed by atoms with Crippen molar-refractivity contribution in [3.05, 3.63) is 30.7 Å². The number of aromatic nitrogens is 2. The number of para-hydroxylation sites is 1. The van der Waals surface area contributed by atoms with Crippen LogP contribution >= 0.6 is 0 Å². The van der Waals surface area contributed by atoms with E-state index < -0.39 is 0 Å². The molecule has 0 aliphatic carbocycles. The fourth-order valence-corrected chi connectivity index (χ4v) is 1.22. The topological polar surface area (TPSA) is 37.8 Å². The first-order valence-electron chi connectivity index (χ1n) is 3.78. The first-order chi connectivity index (χ1) is 5.92. The summed E-state index contributed by atoms with van der Waals surface area (Å²) in [5, 5.41) is 4.14. The predicted molar refractivity (Wildman–Crippen MR) is 49.1 cm³/mol. The van der Waals surface area contributed by atoms with Crippen LogP contribution in [0.25, 0.3) is 10.9 Å². The Hall–Kier alpha value is -1.64. The zero-order valence-electron chi connectivity index (χ0n) is 6.78. The quantitative estimate of drug-likeness (QED) is 0.687. The van der Waals surface area contributed by atoms with Crippen molar-refractivity contribution in [2.45, 2.75) is 0 Å². The molecule has 1 aromatic carbocycles. The summed E-state index contributed by atoms with van der Waals surface area (Å²) in [4.78, 5) is 8.13. The monoisotopic (exact) mass is 159 g/mol. The van der Waals surface area contributed by atoms with Crippen molar-refractivity contribution in [3.63, 3.8) is 0 Å². The smallest absolute Gasteiger partial charge is 0.116 e. The van der Waals surface area contributed by atoms with Crippen LogP contribution in [0.5, 0.6) is 0 Å². The number of benzene rings is 1. The van der Waals surface area contributed by atoms with Gasteiger partial charge in [-0.1, -0.05) is 12.1 Å². The summed E-state index contributed by atoms with van der Waals surface area (Å²) in [5.41, 5.74) is 2.00. The normalized spacial score (nSPS) is 10.1. The molecule has 0 aliphatic heterocycles. The van der Waals surface area contributed by atoms with Gasteiger partial charge in [0.2, 0.25) is 0 Å². The maximum atomic E-state index is 4.18. The van der Waals surface area contributed by atoms with E-state index in [4.69, 9.17) is 0 Å². The molecule has 0 saturated carbocycles. The van der Waals surface area contributed by atoms with Crippen LogP contribution in [0.1, 0.15) is 0 Å². The third-order valence-electron chi connectivity index (χ3n) is 1.80. The van der Waals surface area contributed by atoms with E-state index in [-0.39, 0.29) is 0 Å². The Morgan fingerprint density at radius 2 is 2.25 bits per heavy atom. The van der Waals surface area contributed by atoms with Crippen molar-refractivity contribution in [2.75, 3.05) is 12.4 Å². The van der Waals surface area contributed by atoms with Gasteiger partial charge < -0.3 is 5.32 Å². The van der Waals surface area contributed by atoms with E-state index in [2.05, 4.69) is 15.3 Å². The van der Waals surface area contributed by atoms with Gasteiger partial charge in [0.1, 0.15) is 6.33 Å². The summed E-state index contributed by atoms with van der Waals surface area (Å²) < 4.78 is 0. The van der Waals surface area contributed by atoms with Gasteiger partial charge in [-0.3, -0.25) is 0 Å². The lowest BCUT2D eigenvalue weighted by atomic mass is 10.2. The lowest BCUT2D eigenvalue weighted by molar-refractivity contribution is 1.22. The van der Waals surface area contributed by atoms with Crippen molar-refractivity contribution < 1.29 is 0 Å². The molecule has 0 amide bonds. The molecule has 12 heavy (non-hydrogen) atoms. The lowest BCUT2D eigenvalue weighted by Gasteiger charge is -2.02. The third-order valence-corrected chi connectivity index (χ3v) is 1.80. The Kier molecular flexibility index (Phi) is 1.63. The molecule has 0 unspecified atom stereocenters. The van der Waals surface area contributed by atoms with Crippen molar-refractivity contribution in [3.8, 4) is 0 Å². The molecule has 2 rings (SSSR count). The number of anilines is 1. The van der Waals surface area contributed by atoms with Crippen molar-refractivity contribution in [1.29, 1.82) is 0 Å². The van der Waals surface area contributed by atoms with Crippen LogP contribution in [0.3, 0.4) is 0 Å². The van der Waals surface area contributed by atoms with Crippen LogP contribution in [0.15, 0.2) is 30.7 Å². The largest absolute Gasteiger partial charge is 0.386 e. The standard InChI is InChI=1S/C9H9N3/c1-10-8-4-2-3-7-5-11-6-12-9(7)8/h2-6,10H,1H3. The molecule has 0 spiro atoms. The molecule has 3 nitrogen and oxygen atoms in total. The highest BCUT2D eigenvalue weighted by Crippen LogP contribution is 2.18. The zero-order chi connectivity index (χ0) is 8.39. The molecule has 1 aromatic heterocycles. The molecule has 2 aromatic rings. The second-order valence-corrected chi connectivity index (χ2v) is 2.52. The lowest BCUT2D eigenvalue weighted by Crippen LogP contribution is -1.91. The highest BCUT2D eigenvalue weighted by Gasteiger charge is 1.97. The summed E-state index contributed by atoms with van der Waals surface area (Å²) in [6.45, 7) is 0. The Morgan fingerprint density at radius 3 is 3.08 bits per heavy atom. The van der Waals surface area contributed by atoms with Gasteiger partial charge >= 0.3 is 0 Å². The molecule has 0 radical (unpaired) electrons. The maximum Gasteiger partial charge on any atom is 0.116 e. The van der Waals surface area contributed by atoms with Gasteiger partial charge in [0, 0.05) is 18.6 Å². The van der Waals surface area contributed by atoms with Crippen molar-refractivity contribution >= 4 is 16.6 Å². The second-order valence-electron chi connectivity index (χ2n) is 2.52. The number of hydrogen-bond acceptors (Lipinski definition) is 3. The average Bonchev–Trinajstić information content (AvgIpc) is 2.17. The first kappa shape index (κ1) is 7.03. The van der Waals surface area contributed by atoms with E-state index in [1.807, 2.05) is 31.4 Å². The Balaban J connectivity index is 2.79. The number of hydrogen-bond donors (Lipinski definition) is 1. The molecule has 0 aliphatic rings. The summed E-state index contributed by atoms with van der Waals surface area (Å²) >= 11 is 0. The van der Waals surface area contributed by atoms with Gasteiger partial charge in [-0.15, -0.1) is 0 Å². The average molecular weight is 159 g/mol. The van der Waals surface area contributed by atoms with E-state index in [1.165, 1.54) is 0 Å². The molecule has 0 bridgehead atoms. The summed E-state index contributed by atoms with van der Waals surface area (Å²) in [5.74, 6) is 0. The summed E-state index contributed by atoms with van der Waals surface area (Å²) in [7, 11) is 1.89. The van der Waals surface area contributed by atoms with Crippen LogP contribution in [0.2, 0.25) is 0 Å². The second kappa shape index (κ2) is 2.77. The Morgan fingerprint density at radius 1 is 1.33 bits per heavy atom. The minimum absolute atomic E-state index is 0.968. The van der Waals surface area contributed by atoms with E-state index in [0.29, 0.717) is 0 Å². The van der Waals surface area contributed by atoms with Crippen molar-refractivity contribution in [1.82, 2.24) is 9.97 Å². The van der Waals surface area contributed by atoms with Gasteiger partial charge in [-0.25, -0.2) is 9.97 Å². The van der Waals surface area contributed by atoms with Crippen LogP contribution in [-0.2, 0) is 0 Å². The SMILES string of the molecule is CNc1cccc2cncnc12. The number of nitrogens with zero attached hydrogens (tertiary/aromatic N) is 2. The van der Waals surface area contributed by atoms with Crippen LogP contribution in [0.4, 0.5) is 5.69 Å². The first-order valence-corrected chi connectivity index (χ1v) is 3.78. The Bertz CT molecular complexity index is 392. The van der Waals surface area contributed by atoms with E-state index in [0.717, 1.165) is 16.6 Å². The fourth-order valence-electron chi connectivity index (χ4n) is 1.22. The van der Waals surface area contributed by atoms with Crippen LogP contribution in [0, 0.1) is 0 Å². The molecule has 60 valence electrons. The minimum atomic E-state index is 0.968. The van der Waals surface area contributed by atoms with Crippen LogP contribution in [-0.4, -0.2) is 17.0 Å². The van der Waals surface area contributed by atoms with Gasteiger partial charge in [-0.2, -0.15) is 0 Å². The van der Waals surface area contributed by atoms with Crippen molar-refractivity contribution in [2.24, 2.45) is 0 Å². The maximum absolute atomic E-state index is 4.18. The third kappa shape index (κ3) is 0.993. The summed E-state index contributed by atoms with van der Waals surface area (Å²) in [6.07, 6.45) is 3.37. The van der Waals surface area contributed by atoms with Gasteiger partial charge in [0.15, 0.2) is 0 Å². The highest BCUT2D eigenvalue weighted by atomic mass is 14.9. The number of nitrogens with one attached hydrogen (secondary N) is 1. The van der Waals surface area contributed by atoms with Gasteiger partial charge in [-0.05, 0) is 6.07 Å². The molecule has 0 fully saturated rings. The molecular formula is C9H9N3. The van der Waals surface area contributed by atoms with E-state index in [9.17, 15) is 0 Å². The van der Waals surface area contributed by atoms with E-state index in [1.54, 1.807) is 6.33 Å². The molecule has 3 heteroatoms. The highest BCUT2D eigenvalue weighted by molar-refractivity contribution is 5.89. The molecule has 1 N–H and O–H groups in total. The molecule has 1 heterocycles. The molecular weight excluding hydrogens is 150 g/mol. The molecule has 0 atom stereocenters. The van der Waals surface area contributed by atoms with Gasteiger partial charge in [0.25, 0.3) is 0 Å². The number of fused-ring (bicyclic) bond motifs is 1. The predicted octanol–water partition coefficient (Wildman–Crippen LogP) is 1.67.